The Morgan fingerprint density at radius 2 is 1.53 bits per heavy atom. The molecular formula is C17H32O2. The summed E-state index contributed by atoms with van der Waals surface area (Å²) >= 11 is 0. The van der Waals surface area contributed by atoms with Gasteiger partial charge in [0.25, 0.3) is 0 Å². The predicted octanol–water partition coefficient (Wildman–Crippen LogP) is 4.16. The average molecular weight is 268 g/mol. The van der Waals surface area contributed by atoms with Crippen molar-refractivity contribution in [2.45, 2.75) is 91.0 Å². The van der Waals surface area contributed by atoms with Gasteiger partial charge in [0.1, 0.15) is 0 Å². The molecule has 1 heterocycles. The summed E-state index contributed by atoms with van der Waals surface area (Å²) in [5.74, 6) is 0.739. The van der Waals surface area contributed by atoms with Crippen LogP contribution >= 0.6 is 0 Å². The van der Waals surface area contributed by atoms with E-state index in [2.05, 4.69) is 41.5 Å². The molecule has 1 N–H and O–H groups in total. The van der Waals surface area contributed by atoms with E-state index >= 15 is 0 Å². The van der Waals surface area contributed by atoms with Gasteiger partial charge >= 0.3 is 0 Å². The van der Waals surface area contributed by atoms with Gasteiger partial charge in [-0.1, -0.05) is 13.8 Å². The fourth-order valence-corrected chi connectivity index (χ4v) is 4.23. The molecule has 112 valence electrons. The molecule has 2 rings (SSSR count). The Bertz CT molecular complexity index is 320. The van der Waals surface area contributed by atoms with Crippen LogP contribution in [-0.2, 0) is 4.74 Å². The van der Waals surface area contributed by atoms with Crippen molar-refractivity contribution in [2.75, 3.05) is 0 Å². The molecule has 0 bridgehead atoms. The SMILES string of the molecule is CC1(C)CCC(C(O)C2CC(C)(C)OC2(C)C)CC1. The van der Waals surface area contributed by atoms with E-state index in [0.29, 0.717) is 11.3 Å². The molecule has 1 aliphatic heterocycles. The topological polar surface area (TPSA) is 29.5 Å². The molecule has 1 saturated carbocycles. The highest BCUT2D eigenvalue weighted by atomic mass is 16.5. The van der Waals surface area contributed by atoms with E-state index in [1.165, 1.54) is 25.7 Å². The largest absolute Gasteiger partial charge is 0.392 e. The second-order valence-electron chi connectivity index (χ2n) is 8.77. The Labute approximate surface area is 118 Å². The van der Waals surface area contributed by atoms with E-state index in [4.69, 9.17) is 4.74 Å². The van der Waals surface area contributed by atoms with Gasteiger partial charge in [0.2, 0.25) is 0 Å². The second-order valence-corrected chi connectivity index (χ2v) is 8.77. The van der Waals surface area contributed by atoms with Crippen LogP contribution in [0.15, 0.2) is 0 Å². The van der Waals surface area contributed by atoms with Crippen LogP contribution in [0.4, 0.5) is 0 Å². The average Bonchev–Trinajstić information content (AvgIpc) is 2.45. The monoisotopic (exact) mass is 268 g/mol. The molecule has 0 aromatic heterocycles. The minimum absolute atomic E-state index is 0.0942. The highest BCUT2D eigenvalue weighted by molar-refractivity contribution is 4.99. The fourth-order valence-electron chi connectivity index (χ4n) is 4.23. The van der Waals surface area contributed by atoms with Gasteiger partial charge < -0.3 is 9.84 Å². The van der Waals surface area contributed by atoms with Crippen molar-refractivity contribution in [1.82, 2.24) is 0 Å². The van der Waals surface area contributed by atoms with Crippen molar-refractivity contribution >= 4 is 0 Å². The lowest BCUT2D eigenvalue weighted by Gasteiger charge is -2.40. The van der Waals surface area contributed by atoms with Crippen molar-refractivity contribution in [2.24, 2.45) is 17.3 Å². The summed E-state index contributed by atoms with van der Waals surface area (Å²) in [7, 11) is 0. The summed E-state index contributed by atoms with van der Waals surface area (Å²) in [5.41, 5.74) is 0.177. The number of aliphatic hydroxyl groups is 1. The summed E-state index contributed by atoms with van der Waals surface area (Å²) in [6.07, 6.45) is 5.59. The Morgan fingerprint density at radius 1 is 1.00 bits per heavy atom. The molecule has 1 saturated heterocycles. The maximum Gasteiger partial charge on any atom is 0.0687 e. The Kier molecular flexibility index (Phi) is 3.81. The number of aliphatic hydroxyl groups excluding tert-OH is 1. The molecule has 2 heteroatoms. The summed E-state index contributed by atoms with van der Waals surface area (Å²) in [6, 6.07) is 0. The van der Waals surface area contributed by atoms with Gasteiger partial charge in [-0.3, -0.25) is 0 Å². The van der Waals surface area contributed by atoms with Crippen LogP contribution in [0.1, 0.15) is 73.6 Å². The van der Waals surface area contributed by atoms with Gasteiger partial charge in [0, 0.05) is 5.92 Å². The Morgan fingerprint density at radius 3 is 1.95 bits per heavy atom. The normalized spacial score (nSPS) is 35.2. The molecule has 0 aromatic rings. The highest BCUT2D eigenvalue weighted by Gasteiger charge is 2.50. The molecule has 19 heavy (non-hydrogen) atoms. The van der Waals surface area contributed by atoms with Crippen LogP contribution in [0.2, 0.25) is 0 Å². The molecule has 0 aromatic carbocycles. The molecule has 2 unspecified atom stereocenters. The van der Waals surface area contributed by atoms with Crippen LogP contribution < -0.4 is 0 Å². The number of rotatable bonds is 2. The second kappa shape index (κ2) is 4.73. The first-order valence-corrected chi connectivity index (χ1v) is 7.91. The molecule has 2 nitrogen and oxygen atoms in total. The van der Waals surface area contributed by atoms with Gasteiger partial charge in [-0.2, -0.15) is 0 Å². The van der Waals surface area contributed by atoms with Gasteiger partial charge in [-0.25, -0.2) is 0 Å². The van der Waals surface area contributed by atoms with Gasteiger partial charge in [0.15, 0.2) is 0 Å². The van der Waals surface area contributed by atoms with Gasteiger partial charge in [0.05, 0.1) is 17.3 Å². The van der Waals surface area contributed by atoms with Crippen molar-refractivity contribution in [3.63, 3.8) is 0 Å². The summed E-state index contributed by atoms with van der Waals surface area (Å²) < 4.78 is 6.14. The molecular weight excluding hydrogens is 236 g/mol. The van der Waals surface area contributed by atoms with Gasteiger partial charge in [-0.05, 0) is 71.1 Å². The van der Waals surface area contributed by atoms with E-state index in [9.17, 15) is 5.11 Å². The lowest BCUT2D eigenvalue weighted by Crippen LogP contribution is -2.41. The summed E-state index contributed by atoms with van der Waals surface area (Å²) in [6.45, 7) is 13.3. The molecule has 2 fully saturated rings. The van der Waals surface area contributed by atoms with E-state index in [-0.39, 0.29) is 23.2 Å². The van der Waals surface area contributed by atoms with Crippen LogP contribution in [0, 0.1) is 17.3 Å². The van der Waals surface area contributed by atoms with Crippen LogP contribution in [0.3, 0.4) is 0 Å². The predicted molar refractivity (Wildman–Crippen MR) is 79.1 cm³/mol. The van der Waals surface area contributed by atoms with E-state index < -0.39 is 0 Å². The van der Waals surface area contributed by atoms with Crippen LogP contribution in [0.5, 0.6) is 0 Å². The zero-order valence-corrected chi connectivity index (χ0v) is 13.6. The molecule has 0 radical (unpaired) electrons. The van der Waals surface area contributed by atoms with E-state index in [1.54, 1.807) is 0 Å². The minimum atomic E-state index is -0.201. The number of hydrogen-bond acceptors (Lipinski definition) is 2. The first-order valence-electron chi connectivity index (χ1n) is 7.91. The smallest absolute Gasteiger partial charge is 0.0687 e. The summed E-state index contributed by atoms with van der Waals surface area (Å²) in [5, 5.41) is 10.8. The number of ether oxygens (including phenoxy) is 1. The molecule has 2 atom stereocenters. The Balaban J connectivity index is 2.02. The third kappa shape index (κ3) is 3.33. The minimum Gasteiger partial charge on any atom is -0.392 e. The standard InChI is InChI=1S/C17H32O2/c1-15(2)9-7-12(8-10-15)14(18)13-11-16(3,4)19-17(13,5)6/h12-14,18H,7-11H2,1-6H3. The Hall–Kier alpha value is -0.0800. The summed E-state index contributed by atoms with van der Waals surface area (Å²) in [4.78, 5) is 0. The zero-order valence-electron chi connectivity index (χ0n) is 13.6. The maximum absolute atomic E-state index is 10.8. The fraction of sp³-hybridized carbons (Fsp3) is 1.00. The number of hydrogen-bond donors (Lipinski definition) is 1. The lowest BCUT2D eigenvalue weighted by atomic mass is 9.68. The van der Waals surface area contributed by atoms with Crippen molar-refractivity contribution < 1.29 is 9.84 Å². The zero-order chi connectivity index (χ0) is 14.5. The van der Waals surface area contributed by atoms with E-state index in [0.717, 1.165) is 6.42 Å². The third-order valence-corrected chi connectivity index (χ3v) is 5.42. The lowest BCUT2D eigenvalue weighted by molar-refractivity contribution is -0.0969. The highest BCUT2D eigenvalue weighted by Crippen LogP contribution is 2.48. The van der Waals surface area contributed by atoms with E-state index in [1.807, 2.05) is 0 Å². The van der Waals surface area contributed by atoms with Gasteiger partial charge in [-0.15, -0.1) is 0 Å². The first-order chi connectivity index (χ1) is 8.53. The molecule has 0 amide bonds. The third-order valence-electron chi connectivity index (χ3n) is 5.42. The van der Waals surface area contributed by atoms with Crippen molar-refractivity contribution in [3.05, 3.63) is 0 Å². The molecule has 2 aliphatic rings. The van der Waals surface area contributed by atoms with Crippen molar-refractivity contribution in [1.29, 1.82) is 0 Å². The van der Waals surface area contributed by atoms with Crippen LogP contribution in [-0.4, -0.2) is 22.4 Å². The maximum atomic E-state index is 10.8. The first kappa shape index (κ1) is 15.3. The molecule has 1 aliphatic carbocycles. The van der Waals surface area contributed by atoms with Crippen LogP contribution in [0.25, 0.3) is 0 Å². The molecule has 0 spiro atoms. The quantitative estimate of drug-likeness (QED) is 0.815. The van der Waals surface area contributed by atoms with Crippen molar-refractivity contribution in [3.8, 4) is 0 Å².